The second-order valence-electron chi connectivity index (χ2n) is 8.30. The molecule has 30 heavy (non-hydrogen) atoms. The lowest BCUT2D eigenvalue weighted by atomic mass is 10.0. The number of benzene rings is 2. The van der Waals surface area contributed by atoms with E-state index in [1.807, 2.05) is 24.3 Å². The molecule has 1 aromatic heterocycles. The van der Waals surface area contributed by atoms with Gasteiger partial charge < -0.3 is 9.30 Å². The highest BCUT2D eigenvalue weighted by Gasteiger charge is 2.30. The zero-order valence-corrected chi connectivity index (χ0v) is 18.2. The third kappa shape index (κ3) is 3.83. The summed E-state index contributed by atoms with van der Waals surface area (Å²) in [6.45, 7) is 2.26. The van der Waals surface area contributed by atoms with Crippen molar-refractivity contribution in [1.29, 1.82) is 0 Å². The number of aromatic nitrogens is 2. The van der Waals surface area contributed by atoms with Gasteiger partial charge in [0.1, 0.15) is 17.4 Å². The molecule has 2 saturated heterocycles. The van der Waals surface area contributed by atoms with Crippen molar-refractivity contribution in [2.75, 3.05) is 31.7 Å². The summed E-state index contributed by atoms with van der Waals surface area (Å²) >= 11 is 2.08. The van der Waals surface area contributed by atoms with Crippen LogP contribution >= 0.6 is 11.8 Å². The number of rotatable bonds is 5. The molecule has 1 atom stereocenters. The molecule has 3 heterocycles. The fraction of sp³-hybridized carbons (Fsp3) is 0.458. The van der Waals surface area contributed by atoms with Crippen LogP contribution in [0.2, 0.25) is 0 Å². The Kier molecular flexibility index (Phi) is 5.70. The predicted octanol–water partition coefficient (Wildman–Crippen LogP) is 4.92. The number of imidazole rings is 1. The molecule has 2 aromatic carbocycles. The van der Waals surface area contributed by atoms with Gasteiger partial charge in [-0.2, -0.15) is 11.8 Å². The summed E-state index contributed by atoms with van der Waals surface area (Å²) in [5, 5.41) is 0. The van der Waals surface area contributed by atoms with Gasteiger partial charge in [0.2, 0.25) is 0 Å². The van der Waals surface area contributed by atoms with Crippen molar-refractivity contribution in [3.8, 4) is 5.75 Å². The van der Waals surface area contributed by atoms with Crippen molar-refractivity contribution in [3.05, 3.63) is 59.7 Å². The molecule has 2 fully saturated rings. The molecule has 3 aromatic rings. The standard InChI is InChI=1S/C24H28FN3OS/c1-29-23-5-3-2-4-17(23)14-24-26-21-15-18(25)6-7-22(21)28(24)19-8-11-27(12-9-19)20-10-13-30-16-20/h2-7,15,19-20H,8-14,16H2,1H3. The molecule has 1 unspecified atom stereocenters. The smallest absolute Gasteiger partial charge is 0.125 e. The van der Waals surface area contributed by atoms with E-state index in [-0.39, 0.29) is 5.82 Å². The van der Waals surface area contributed by atoms with Crippen molar-refractivity contribution in [3.63, 3.8) is 0 Å². The molecule has 2 aliphatic rings. The monoisotopic (exact) mass is 425 g/mol. The second-order valence-corrected chi connectivity index (χ2v) is 9.45. The minimum Gasteiger partial charge on any atom is -0.496 e. The van der Waals surface area contributed by atoms with Crippen LogP contribution in [0, 0.1) is 5.82 Å². The van der Waals surface area contributed by atoms with Crippen LogP contribution in [-0.4, -0.2) is 52.2 Å². The maximum atomic E-state index is 13.9. The summed E-state index contributed by atoms with van der Waals surface area (Å²) in [7, 11) is 1.70. The van der Waals surface area contributed by atoms with Gasteiger partial charge in [-0.05, 0) is 43.2 Å². The number of ether oxygens (including phenoxy) is 1. The van der Waals surface area contributed by atoms with Gasteiger partial charge in [0.25, 0.3) is 0 Å². The Morgan fingerprint density at radius 2 is 1.93 bits per heavy atom. The van der Waals surface area contributed by atoms with Crippen LogP contribution in [0.15, 0.2) is 42.5 Å². The van der Waals surface area contributed by atoms with Crippen molar-refractivity contribution in [2.45, 2.75) is 37.8 Å². The van der Waals surface area contributed by atoms with E-state index in [1.54, 1.807) is 19.2 Å². The molecule has 158 valence electrons. The summed E-state index contributed by atoms with van der Waals surface area (Å²) < 4.78 is 21.8. The van der Waals surface area contributed by atoms with Crippen LogP contribution in [0.3, 0.4) is 0 Å². The van der Waals surface area contributed by atoms with E-state index >= 15 is 0 Å². The molecule has 0 N–H and O–H groups in total. The molecule has 0 saturated carbocycles. The van der Waals surface area contributed by atoms with Crippen LogP contribution in [-0.2, 0) is 6.42 Å². The molecule has 5 rings (SSSR count). The highest BCUT2D eigenvalue weighted by Crippen LogP contribution is 2.33. The Morgan fingerprint density at radius 3 is 2.70 bits per heavy atom. The zero-order chi connectivity index (χ0) is 20.5. The zero-order valence-electron chi connectivity index (χ0n) is 17.4. The summed E-state index contributed by atoms with van der Waals surface area (Å²) in [4.78, 5) is 7.54. The number of methoxy groups -OCH3 is 1. The summed E-state index contributed by atoms with van der Waals surface area (Å²) in [5.74, 6) is 4.21. The summed E-state index contributed by atoms with van der Waals surface area (Å²) in [5.41, 5.74) is 2.89. The molecule has 0 spiro atoms. The molecule has 4 nitrogen and oxygen atoms in total. The molecular formula is C24H28FN3OS. The van der Waals surface area contributed by atoms with E-state index in [0.29, 0.717) is 12.5 Å². The third-order valence-electron chi connectivity index (χ3n) is 6.55. The Bertz CT molecular complexity index is 1020. The normalized spacial score (nSPS) is 20.8. The van der Waals surface area contributed by atoms with E-state index in [9.17, 15) is 4.39 Å². The van der Waals surface area contributed by atoms with Crippen LogP contribution in [0.25, 0.3) is 11.0 Å². The lowest BCUT2D eigenvalue weighted by molar-refractivity contribution is 0.146. The first-order valence-corrected chi connectivity index (χ1v) is 12.0. The van der Waals surface area contributed by atoms with Gasteiger partial charge in [0.15, 0.2) is 0 Å². The van der Waals surface area contributed by atoms with E-state index < -0.39 is 0 Å². The highest BCUT2D eigenvalue weighted by molar-refractivity contribution is 7.99. The van der Waals surface area contributed by atoms with Gasteiger partial charge in [-0.15, -0.1) is 0 Å². The molecule has 0 aliphatic carbocycles. The number of nitrogens with zero attached hydrogens (tertiary/aromatic N) is 3. The number of piperidine rings is 1. The Hall–Kier alpha value is -2.05. The maximum Gasteiger partial charge on any atom is 0.125 e. The van der Waals surface area contributed by atoms with Crippen LogP contribution in [0.4, 0.5) is 4.39 Å². The molecule has 2 aliphatic heterocycles. The fourth-order valence-electron chi connectivity index (χ4n) is 4.99. The average Bonchev–Trinajstić information content (AvgIpc) is 3.42. The number of para-hydroxylation sites is 1. The second kappa shape index (κ2) is 8.60. The first-order valence-electron chi connectivity index (χ1n) is 10.8. The largest absolute Gasteiger partial charge is 0.496 e. The van der Waals surface area contributed by atoms with Gasteiger partial charge in [-0.25, -0.2) is 9.37 Å². The maximum absolute atomic E-state index is 13.9. The van der Waals surface area contributed by atoms with E-state index in [1.165, 1.54) is 17.9 Å². The third-order valence-corrected chi connectivity index (χ3v) is 7.70. The summed E-state index contributed by atoms with van der Waals surface area (Å²) in [6.07, 6.45) is 4.23. The van der Waals surface area contributed by atoms with Gasteiger partial charge in [-0.3, -0.25) is 4.90 Å². The highest BCUT2D eigenvalue weighted by atomic mass is 32.2. The first-order chi connectivity index (χ1) is 14.7. The van der Waals surface area contributed by atoms with E-state index in [2.05, 4.69) is 27.3 Å². The van der Waals surface area contributed by atoms with Gasteiger partial charge >= 0.3 is 0 Å². The minimum absolute atomic E-state index is 0.232. The quantitative estimate of drug-likeness (QED) is 0.581. The molecule has 6 heteroatoms. The molecule has 0 amide bonds. The van der Waals surface area contributed by atoms with Crippen molar-refractivity contribution < 1.29 is 9.13 Å². The van der Waals surface area contributed by atoms with Gasteiger partial charge in [0.05, 0.1) is 18.1 Å². The topological polar surface area (TPSA) is 30.3 Å². The van der Waals surface area contributed by atoms with Crippen molar-refractivity contribution >= 4 is 22.8 Å². The number of hydrogen-bond donors (Lipinski definition) is 0. The predicted molar refractivity (Wildman–Crippen MR) is 121 cm³/mol. The minimum atomic E-state index is -0.232. The molecular weight excluding hydrogens is 397 g/mol. The SMILES string of the molecule is COc1ccccc1Cc1nc2cc(F)ccc2n1C1CCN(C2CCSC2)CC1. The Labute approximate surface area is 181 Å². The lowest BCUT2D eigenvalue weighted by Gasteiger charge is -2.36. The lowest BCUT2D eigenvalue weighted by Crippen LogP contribution is -2.42. The number of hydrogen-bond acceptors (Lipinski definition) is 4. The van der Waals surface area contributed by atoms with Crippen LogP contribution in [0.1, 0.15) is 36.7 Å². The number of fused-ring (bicyclic) bond motifs is 1. The van der Waals surface area contributed by atoms with E-state index in [0.717, 1.165) is 60.1 Å². The average molecular weight is 426 g/mol. The first kappa shape index (κ1) is 19.9. The van der Waals surface area contributed by atoms with Gasteiger partial charge in [0, 0.05) is 49.0 Å². The Morgan fingerprint density at radius 1 is 1.10 bits per heavy atom. The Balaban J connectivity index is 1.46. The van der Waals surface area contributed by atoms with Crippen LogP contribution < -0.4 is 4.74 Å². The number of likely N-dealkylation sites (tertiary alicyclic amines) is 1. The molecule has 0 bridgehead atoms. The number of halogens is 1. The fourth-order valence-corrected chi connectivity index (χ4v) is 6.25. The van der Waals surface area contributed by atoms with Gasteiger partial charge in [-0.1, -0.05) is 18.2 Å². The van der Waals surface area contributed by atoms with Crippen molar-refractivity contribution in [2.24, 2.45) is 0 Å². The van der Waals surface area contributed by atoms with Crippen molar-refractivity contribution in [1.82, 2.24) is 14.5 Å². The van der Waals surface area contributed by atoms with Crippen LogP contribution in [0.5, 0.6) is 5.75 Å². The molecule has 0 radical (unpaired) electrons. The number of thioether (sulfide) groups is 1. The summed E-state index contributed by atoms with van der Waals surface area (Å²) in [6, 6.07) is 14.2. The van der Waals surface area contributed by atoms with E-state index in [4.69, 9.17) is 9.72 Å².